The second-order valence-corrected chi connectivity index (χ2v) is 9.40. The van der Waals surface area contributed by atoms with Crippen molar-refractivity contribution in [1.29, 1.82) is 0 Å². The van der Waals surface area contributed by atoms with Crippen LogP contribution in [-0.2, 0) is 12.7 Å². The number of likely N-dealkylation sites (tertiary alicyclic amines) is 1. The number of rotatable bonds is 6. The van der Waals surface area contributed by atoms with Gasteiger partial charge in [-0.25, -0.2) is 4.99 Å². The van der Waals surface area contributed by atoms with Gasteiger partial charge in [0.1, 0.15) is 0 Å². The van der Waals surface area contributed by atoms with Gasteiger partial charge in [-0.3, -0.25) is 0 Å². The van der Waals surface area contributed by atoms with Gasteiger partial charge >= 0.3 is 6.18 Å². The number of aromatic nitrogens is 1. The van der Waals surface area contributed by atoms with Crippen molar-refractivity contribution in [1.82, 2.24) is 9.47 Å². The van der Waals surface area contributed by atoms with Crippen molar-refractivity contribution in [2.75, 3.05) is 19.6 Å². The fourth-order valence-electron chi connectivity index (χ4n) is 4.93. The number of fused-ring (bicyclic) bond motifs is 1. The zero-order chi connectivity index (χ0) is 25.0. The van der Waals surface area contributed by atoms with Crippen molar-refractivity contribution in [3.63, 3.8) is 0 Å². The van der Waals surface area contributed by atoms with E-state index in [4.69, 9.17) is 4.99 Å². The normalized spacial score (nSPS) is 15.5. The molecule has 0 unspecified atom stereocenters. The van der Waals surface area contributed by atoms with Crippen molar-refractivity contribution < 1.29 is 13.2 Å². The van der Waals surface area contributed by atoms with Crippen LogP contribution in [0.15, 0.2) is 90.1 Å². The van der Waals surface area contributed by atoms with Crippen molar-refractivity contribution in [3.8, 4) is 11.1 Å². The van der Waals surface area contributed by atoms with Gasteiger partial charge in [0.15, 0.2) is 0 Å². The van der Waals surface area contributed by atoms with E-state index in [1.165, 1.54) is 25.3 Å². The van der Waals surface area contributed by atoms with Crippen LogP contribution in [0, 0.1) is 0 Å². The zero-order valence-corrected chi connectivity index (χ0v) is 20.2. The number of nitrogens with zero attached hydrogens (tertiary/aromatic N) is 3. The summed E-state index contributed by atoms with van der Waals surface area (Å²) >= 11 is 0. The smallest absolute Gasteiger partial charge is 0.347 e. The average Bonchev–Trinajstić information content (AvgIpc) is 2.90. The summed E-state index contributed by atoms with van der Waals surface area (Å²) in [5.74, 6) is 0. The van der Waals surface area contributed by atoms with Crippen LogP contribution < -0.4 is 5.36 Å². The third-order valence-electron chi connectivity index (χ3n) is 6.87. The molecule has 1 aliphatic heterocycles. The summed E-state index contributed by atoms with van der Waals surface area (Å²) in [5, 5.41) is 1.38. The van der Waals surface area contributed by atoms with Crippen LogP contribution >= 0.6 is 0 Å². The molecule has 2 heterocycles. The van der Waals surface area contributed by atoms with Gasteiger partial charge in [-0.1, -0.05) is 55.0 Å². The first-order chi connectivity index (χ1) is 17.5. The lowest BCUT2D eigenvalue weighted by Crippen LogP contribution is -2.31. The lowest BCUT2D eigenvalue weighted by atomic mass is 10.1. The molecule has 0 N–H and O–H groups in total. The van der Waals surface area contributed by atoms with Crippen LogP contribution in [0.2, 0.25) is 0 Å². The Bertz CT molecular complexity index is 1370. The Hall–Kier alpha value is -3.38. The summed E-state index contributed by atoms with van der Waals surface area (Å²) in [7, 11) is 0. The van der Waals surface area contributed by atoms with E-state index in [0.29, 0.717) is 17.4 Å². The molecule has 1 aromatic heterocycles. The lowest BCUT2D eigenvalue weighted by molar-refractivity contribution is -0.137. The average molecular weight is 490 g/mol. The quantitative estimate of drug-likeness (QED) is 0.276. The van der Waals surface area contributed by atoms with Crippen LogP contribution in [0.5, 0.6) is 0 Å². The molecule has 0 spiro atoms. The Morgan fingerprint density at radius 1 is 0.750 bits per heavy atom. The van der Waals surface area contributed by atoms with Gasteiger partial charge in [0.2, 0.25) is 0 Å². The molecule has 6 heteroatoms. The van der Waals surface area contributed by atoms with E-state index in [1.54, 1.807) is 6.07 Å². The summed E-state index contributed by atoms with van der Waals surface area (Å²) < 4.78 is 42.5. The van der Waals surface area contributed by atoms with Crippen LogP contribution in [-0.4, -0.2) is 29.1 Å². The van der Waals surface area contributed by atoms with Gasteiger partial charge in [0.05, 0.1) is 22.1 Å². The third-order valence-corrected chi connectivity index (χ3v) is 6.87. The van der Waals surface area contributed by atoms with E-state index in [0.717, 1.165) is 54.3 Å². The zero-order valence-electron chi connectivity index (χ0n) is 20.2. The Labute approximate surface area is 209 Å². The van der Waals surface area contributed by atoms with E-state index in [-0.39, 0.29) is 0 Å². The molecule has 36 heavy (non-hydrogen) atoms. The Kier molecular flexibility index (Phi) is 7.23. The molecule has 3 aromatic carbocycles. The minimum atomic E-state index is -4.39. The highest BCUT2D eigenvalue weighted by atomic mass is 19.4. The van der Waals surface area contributed by atoms with Crippen molar-refractivity contribution in [3.05, 3.63) is 96.0 Å². The standard InChI is InChI=1S/C30H30F3N3/c31-30(32,33)25-12-15-27-28(34-26-13-10-24(11-14-26)23-8-3-1-4-9-23)16-21-36(29(27)22-25)20-7-19-35-17-5-2-6-18-35/h1,3-4,8-16,21-22H,2,5-7,17-20H2. The topological polar surface area (TPSA) is 20.5 Å². The van der Waals surface area contributed by atoms with E-state index in [1.807, 2.05) is 59.3 Å². The van der Waals surface area contributed by atoms with E-state index in [2.05, 4.69) is 17.0 Å². The molecule has 0 aliphatic carbocycles. The van der Waals surface area contributed by atoms with Crippen molar-refractivity contribution in [2.45, 2.75) is 38.4 Å². The molecule has 0 bridgehead atoms. The number of piperidine rings is 1. The summed E-state index contributed by atoms with van der Waals surface area (Å²) in [4.78, 5) is 7.24. The van der Waals surface area contributed by atoms with E-state index < -0.39 is 11.7 Å². The number of aryl methyl sites for hydroxylation is 1. The molecule has 0 radical (unpaired) electrons. The van der Waals surface area contributed by atoms with Gasteiger partial charge in [0, 0.05) is 18.1 Å². The van der Waals surface area contributed by atoms with Crippen molar-refractivity contribution in [2.24, 2.45) is 4.99 Å². The maximum Gasteiger partial charge on any atom is 0.416 e. The summed E-state index contributed by atoms with van der Waals surface area (Å²) in [5.41, 5.74) is 2.90. The fraction of sp³-hybridized carbons (Fsp3) is 0.300. The number of halogens is 3. The molecular weight excluding hydrogens is 459 g/mol. The number of benzene rings is 3. The first-order valence-corrected chi connectivity index (χ1v) is 12.6. The molecule has 0 atom stereocenters. The highest BCUT2D eigenvalue weighted by Gasteiger charge is 2.30. The first-order valence-electron chi connectivity index (χ1n) is 12.6. The number of hydrogen-bond donors (Lipinski definition) is 0. The summed E-state index contributed by atoms with van der Waals surface area (Å²) in [6.45, 7) is 3.86. The van der Waals surface area contributed by atoms with Gasteiger partial charge < -0.3 is 9.47 Å². The highest BCUT2D eigenvalue weighted by Crippen LogP contribution is 2.31. The van der Waals surface area contributed by atoms with E-state index >= 15 is 0 Å². The molecule has 1 aliphatic rings. The predicted octanol–water partition coefficient (Wildman–Crippen LogP) is 7.44. The molecule has 5 rings (SSSR count). The molecular formula is C30H30F3N3. The SMILES string of the molecule is FC(F)(F)c1ccc2c(=Nc3ccc(-c4ccccc4)cc3)ccn(CCCN3CCCCC3)c2c1. The molecule has 0 saturated carbocycles. The van der Waals surface area contributed by atoms with Gasteiger partial charge in [0.25, 0.3) is 0 Å². The minimum absolute atomic E-state index is 0.561. The van der Waals surface area contributed by atoms with Crippen LogP contribution in [0.4, 0.5) is 18.9 Å². The monoisotopic (exact) mass is 489 g/mol. The summed E-state index contributed by atoms with van der Waals surface area (Å²) in [6, 6.07) is 23.9. The molecule has 3 nitrogen and oxygen atoms in total. The van der Waals surface area contributed by atoms with Crippen LogP contribution in [0.25, 0.3) is 22.0 Å². The highest BCUT2D eigenvalue weighted by molar-refractivity contribution is 5.80. The van der Waals surface area contributed by atoms with Gasteiger partial charge in [-0.05, 0) is 80.4 Å². The second kappa shape index (κ2) is 10.7. The van der Waals surface area contributed by atoms with Crippen molar-refractivity contribution >= 4 is 16.6 Å². The largest absolute Gasteiger partial charge is 0.416 e. The molecule has 186 valence electrons. The molecule has 0 amide bonds. The van der Waals surface area contributed by atoms with E-state index in [9.17, 15) is 13.2 Å². The molecule has 1 saturated heterocycles. The van der Waals surface area contributed by atoms with Crippen LogP contribution in [0.1, 0.15) is 31.2 Å². The lowest BCUT2D eigenvalue weighted by Gasteiger charge is -2.26. The second-order valence-electron chi connectivity index (χ2n) is 9.40. The van der Waals surface area contributed by atoms with Gasteiger partial charge in [-0.15, -0.1) is 0 Å². The number of hydrogen-bond acceptors (Lipinski definition) is 2. The maximum absolute atomic E-state index is 13.5. The van der Waals surface area contributed by atoms with Crippen LogP contribution in [0.3, 0.4) is 0 Å². The Morgan fingerprint density at radius 2 is 1.47 bits per heavy atom. The minimum Gasteiger partial charge on any atom is -0.347 e. The first kappa shape index (κ1) is 24.3. The Balaban J connectivity index is 1.46. The predicted molar refractivity (Wildman–Crippen MR) is 139 cm³/mol. The fourth-order valence-corrected chi connectivity index (χ4v) is 4.93. The number of alkyl halides is 3. The summed E-state index contributed by atoms with van der Waals surface area (Å²) in [6.07, 6.45) is 2.13. The Morgan fingerprint density at radius 3 is 2.19 bits per heavy atom. The molecule has 4 aromatic rings. The molecule has 1 fully saturated rings. The number of pyridine rings is 1. The maximum atomic E-state index is 13.5. The van der Waals surface area contributed by atoms with Gasteiger partial charge in [-0.2, -0.15) is 13.2 Å². The third kappa shape index (κ3) is 5.71.